The van der Waals surface area contributed by atoms with Crippen LogP contribution in [0.3, 0.4) is 0 Å². The summed E-state index contributed by atoms with van der Waals surface area (Å²) >= 11 is 7.99. The maximum absolute atomic E-state index is 13.2. The van der Waals surface area contributed by atoms with Crippen molar-refractivity contribution in [2.75, 3.05) is 16.3 Å². The highest BCUT2D eigenvalue weighted by Crippen LogP contribution is 2.48. The van der Waals surface area contributed by atoms with Crippen LogP contribution in [-0.2, 0) is 11.8 Å². The molecule has 0 aliphatic carbocycles. The third-order valence-electron chi connectivity index (χ3n) is 4.34. The second-order valence-electron chi connectivity index (χ2n) is 6.29. The summed E-state index contributed by atoms with van der Waals surface area (Å²) < 4.78 is 1.89. The zero-order valence-corrected chi connectivity index (χ0v) is 17.7. The summed E-state index contributed by atoms with van der Waals surface area (Å²) in [5.41, 5.74) is 1.69. The maximum atomic E-state index is 13.2. The number of thioether (sulfide) groups is 2. The van der Waals surface area contributed by atoms with Gasteiger partial charge in [0.2, 0.25) is 0 Å². The molecule has 1 saturated heterocycles. The third-order valence-corrected chi connectivity index (χ3v) is 7.01. The highest BCUT2D eigenvalue weighted by atomic mass is 32.2. The van der Waals surface area contributed by atoms with E-state index in [2.05, 4.69) is 11.6 Å². The second-order valence-corrected chi connectivity index (χ2v) is 8.94. The van der Waals surface area contributed by atoms with Crippen LogP contribution in [-0.4, -0.2) is 26.3 Å². The number of hydrogen-bond acceptors (Lipinski definition) is 7. The molecule has 0 unspecified atom stereocenters. The topological polar surface area (TPSA) is 58.4 Å². The molecule has 1 aromatic heterocycles. The molecule has 28 heavy (non-hydrogen) atoms. The smallest absolute Gasteiger partial charge is 0.273 e. The lowest BCUT2D eigenvalue weighted by atomic mass is 10.2. The summed E-state index contributed by atoms with van der Waals surface area (Å²) in [6, 6.07) is 7.64. The van der Waals surface area contributed by atoms with E-state index in [1.807, 2.05) is 36.1 Å². The number of thiocarbonyl (C=S) groups is 1. The van der Waals surface area contributed by atoms with Gasteiger partial charge in [0.15, 0.2) is 10.1 Å². The molecule has 0 spiro atoms. The first-order valence-corrected chi connectivity index (χ1v) is 10.5. The summed E-state index contributed by atoms with van der Waals surface area (Å²) in [4.78, 5) is 34.5. The Bertz CT molecular complexity index is 1110. The van der Waals surface area contributed by atoms with Crippen LogP contribution in [0.25, 0.3) is 0 Å². The predicted molar refractivity (Wildman–Crippen MR) is 119 cm³/mol. The van der Waals surface area contributed by atoms with Crippen LogP contribution < -0.4 is 15.4 Å². The van der Waals surface area contributed by atoms with Gasteiger partial charge in [-0.25, -0.2) is 4.98 Å². The van der Waals surface area contributed by atoms with Crippen LogP contribution in [0.1, 0.15) is 5.56 Å². The minimum atomic E-state index is -0.194. The third kappa shape index (κ3) is 2.99. The number of fused-ring (bicyclic) bond motifs is 1. The van der Waals surface area contributed by atoms with Crippen LogP contribution in [0.4, 0.5) is 11.5 Å². The number of nitrogens with zero attached hydrogens (tertiary/aromatic N) is 4. The molecule has 1 fully saturated rings. The van der Waals surface area contributed by atoms with Crippen LogP contribution in [0.5, 0.6) is 0 Å². The lowest BCUT2D eigenvalue weighted by Crippen LogP contribution is -2.29. The normalized spacial score (nSPS) is 18.8. The molecule has 0 bridgehead atoms. The van der Waals surface area contributed by atoms with Gasteiger partial charge in [-0.1, -0.05) is 59.5 Å². The Morgan fingerprint density at radius 1 is 1.21 bits per heavy atom. The molecule has 0 saturated carbocycles. The van der Waals surface area contributed by atoms with Gasteiger partial charge in [0, 0.05) is 13.6 Å². The van der Waals surface area contributed by atoms with Gasteiger partial charge in [-0.15, -0.1) is 6.58 Å². The monoisotopic (exact) mass is 428 g/mol. The Kier molecular flexibility index (Phi) is 4.90. The number of hydrogen-bond donors (Lipinski definition) is 0. The fraction of sp³-hybridized carbons (Fsp3) is 0.158. The van der Waals surface area contributed by atoms with Gasteiger partial charge in [-0.2, -0.15) is 0 Å². The van der Waals surface area contributed by atoms with E-state index < -0.39 is 0 Å². The summed E-state index contributed by atoms with van der Waals surface area (Å²) in [7, 11) is 1.66. The summed E-state index contributed by atoms with van der Waals surface area (Å²) in [5, 5.41) is 0.665. The van der Waals surface area contributed by atoms with E-state index in [0.717, 1.165) is 11.3 Å². The number of carbonyl (C=O) groups is 1. The van der Waals surface area contributed by atoms with Gasteiger partial charge in [-0.05, 0) is 19.1 Å². The second kappa shape index (κ2) is 7.23. The van der Waals surface area contributed by atoms with E-state index in [4.69, 9.17) is 12.2 Å². The van der Waals surface area contributed by atoms with Crippen molar-refractivity contribution in [3.63, 3.8) is 0 Å². The first kappa shape index (κ1) is 19.0. The van der Waals surface area contributed by atoms with Gasteiger partial charge < -0.3 is 9.47 Å². The molecule has 0 N–H and O–H groups in total. The standard InChI is InChI=1S/C19H16N4O2S3/c1-4-9-22-15-13(16(24)21(3)10-20-15)27-18(22)14-17(25)23(19(26)28-14)12-7-5-11(2)6-8-12/h4-8,10H,1,9H2,2-3H3/b18-14+. The lowest BCUT2D eigenvalue weighted by Gasteiger charge is -2.18. The number of benzene rings is 1. The van der Waals surface area contributed by atoms with E-state index in [-0.39, 0.29) is 11.5 Å². The Morgan fingerprint density at radius 3 is 2.61 bits per heavy atom. The molecular formula is C19H16N4O2S3. The van der Waals surface area contributed by atoms with E-state index in [1.165, 1.54) is 39.3 Å². The Morgan fingerprint density at radius 2 is 1.93 bits per heavy atom. The molecule has 0 atom stereocenters. The quantitative estimate of drug-likeness (QED) is 0.422. The molecular weight excluding hydrogens is 412 g/mol. The number of carbonyl (C=O) groups excluding carboxylic acids is 1. The van der Waals surface area contributed by atoms with E-state index >= 15 is 0 Å². The largest absolute Gasteiger partial charge is 0.315 e. The average molecular weight is 429 g/mol. The first-order valence-electron chi connectivity index (χ1n) is 8.41. The molecule has 1 amide bonds. The molecule has 2 aliphatic rings. The zero-order chi connectivity index (χ0) is 20.0. The molecule has 2 aliphatic heterocycles. The van der Waals surface area contributed by atoms with Gasteiger partial charge in [-0.3, -0.25) is 14.5 Å². The number of anilines is 2. The van der Waals surface area contributed by atoms with Crippen molar-refractivity contribution in [2.24, 2.45) is 7.05 Å². The van der Waals surface area contributed by atoms with Crippen LogP contribution in [0.2, 0.25) is 0 Å². The van der Waals surface area contributed by atoms with E-state index in [1.54, 1.807) is 13.1 Å². The molecule has 1 aromatic carbocycles. The van der Waals surface area contributed by atoms with E-state index in [0.29, 0.717) is 31.5 Å². The van der Waals surface area contributed by atoms with Gasteiger partial charge >= 0.3 is 0 Å². The van der Waals surface area contributed by atoms with Crippen molar-refractivity contribution in [1.29, 1.82) is 0 Å². The van der Waals surface area contributed by atoms with E-state index in [9.17, 15) is 9.59 Å². The molecule has 142 valence electrons. The Balaban J connectivity index is 1.80. The van der Waals surface area contributed by atoms with Gasteiger partial charge in [0.25, 0.3) is 11.5 Å². The number of amides is 1. The van der Waals surface area contributed by atoms with Gasteiger partial charge in [0.1, 0.15) is 14.8 Å². The molecule has 4 rings (SSSR count). The number of aromatic nitrogens is 2. The summed E-state index contributed by atoms with van der Waals surface area (Å²) in [5.74, 6) is 0.351. The highest BCUT2D eigenvalue weighted by molar-refractivity contribution is 8.27. The van der Waals surface area contributed by atoms with Crippen LogP contribution >= 0.6 is 35.7 Å². The van der Waals surface area contributed by atoms with Crippen molar-refractivity contribution in [3.05, 3.63) is 69.1 Å². The fourth-order valence-electron chi connectivity index (χ4n) is 2.92. The maximum Gasteiger partial charge on any atom is 0.273 e. The van der Waals surface area contributed by atoms with Gasteiger partial charge in [0.05, 0.1) is 12.0 Å². The van der Waals surface area contributed by atoms with Crippen molar-refractivity contribution in [2.45, 2.75) is 11.8 Å². The molecule has 2 aromatic rings. The van der Waals surface area contributed by atoms with Crippen molar-refractivity contribution >= 4 is 57.5 Å². The summed E-state index contributed by atoms with van der Waals surface area (Å²) in [6.07, 6.45) is 3.20. The molecule has 0 radical (unpaired) electrons. The van der Waals surface area contributed by atoms with Crippen molar-refractivity contribution in [1.82, 2.24) is 9.55 Å². The zero-order valence-electron chi connectivity index (χ0n) is 15.2. The minimum absolute atomic E-state index is 0.145. The van der Waals surface area contributed by atoms with Crippen molar-refractivity contribution < 1.29 is 4.79 Å². The molecule has 9 heteroatoms. The number of rotatable bonds is 3. The number of aryl methyl sites for hydroxylation is 2. The van der Waals surface area contributed by atoms with Crippen LogP contribution in [0, 0.1) is 6.92 Å². The Hall–Kier alpha value is -2.36. The average Bonchev–Trinajstić information content (AvgIpc) is 3.17. The fourth-order valence-corrected chi connectivity index (χ4v) is 5.57. The highest BCUT2D eigenvalue weighted by Gasteiger charge is 2.40. The lowest BCUT2D eigenvalue weighted by molar-refractivity contribution is -0.113. The minimum Gasteiger partial charge on any atom is -0.315 e. The summed E-state index contributed by atoms with van der Waals surface area (Å²) in [6.45, 7) is 6.21. The van der Waals surface area contributed by atoms with Crippen molar-refractivity contribution in [3.8, 4) is 0 Å². The SMILES string of the molecule is C=CCN1/C(=C2\SC(=S)N(c3ccc(C)cc3)C2=O)Sc2c1ncn(C)c2=O. The first-order chi connectivity index (χ1) is 13.4. The Labute approximate surface area is 175 Å². The molecule has 3 heterocycles. The molecule has 6 nitrogen and oxygen atoms in total. The van der Waals surface area contributed by atoms with Crippen LogP contribution in [0.15, 0.2) is 62.9 Å². The predicted octanol–water partition coefficient (Wildman–Crippen LogP) is 3.42.